The predicted octanol–water partition coefficient (Wildman–Crippen LogP) is 1.81. The minimum Gasteiger partial charge on any atom is -0.378 e. The second-order valence-electron chi connectivity index (χ2n) is 5.42. The van der Waals surface area contributed by atoms with E-state index in [4.69, 9.17) is 4.74 Å². The molecule has 0 saturated carbocycles. The fourth-order valence-corrected chi connectivity index (χ4v) is 2.62. The summed E-state index contributed by atoms with van der Waals surface area (Å²) in [4.78, 5) is 2.65. The highest BCUT2D eigenvalue weighted by atomic mass is 32.1. The third-order valence-electron chi connectivity index (χ3n) is 3.43. The van der Waals surface area contributed by atoms with Crippen LogP contribution in [-0.2, 0) is 4.74 Å². The van der Waals surface area contributed by atoms with Gasteiger partial charge in [-0.15, -0.1) is 0 Å². The van der Waals surface area contributed by atoms with Crippen LogP contribution in [-0.4, -0.2) is 42.5 Å². The zero-order valence-corrected chi connectivity index (χ0v) is 10.1. The summed E-state index contributed by atoms with van der Waals surface area (Å²) in [7, 11) is 0. The second-order valence-corrected chi connectivity index (χ2v) is 5.73. The van der Waals surface area contributed by atoms with Crippen LogP contribution in [0.3, 0.4) is 0 Å². The van der Waals surface area contributed by atoms with Crippen LogP contribution < -0.4 is 0 Å². The molecule has 0 aliphatic carbocycles. The van der Waals surface area contributed by atoms with Gasteiger partial charge in [-0.3, -0.25) is 4.90 Å². The molecule has 3 heteroatoms. The molecule has 0 radical (unpaired) electrons. The van der Waals surface area contributed by atoms with E-state index in [1.807, 2.05) is 0 Å². The lowest BCUT2D eigenvalue weighted by molar-refractivity contribution is -0.0272. The molecule has 0 N–H and O–H groups in total. The maximum absolute atomic E-state index is 5.57. The number of hydrogen-bond donors (Lipinski definition) is 1. The van der Waals surface area contributed by atoms with Gasteiger partial charge in [-0.05, 0) is 24.0 Å². The van der Waals surface area contributed by atoms with E-state index in [0.29, 0.717) is 17.5 Å². The lowest BCUT2D eigenvalue weighted by Gasteiger charge is -2.39. The topological polar surface area (TPSA) is 12.5 Å². The summed E-state index contributed by atoms with van der Waals surface area (Å²) < 4.78 is 5.57. The summed E-state index contributed by atoms with van der Waals surface area (Å²) in [5.41, 5.74) is 0.335. The molecule has 2 aliphatic heterocycles. The predicted molar refractivity (Wildman–Crippen MR) is 62.0 cm³/mol. The van der Waals surface area contributed by atoms with Gasteiger partial charge in [0.25, 0.3) is 0 Å². The van der Waals surface area contributed by atoms with E-state index in [-0.39, 0.29) is 0 Å². The highest BCUT2D eigenvalue weighted by Gasteiger charge is 2.39. The van der Waals surface area contributed by atoms with Crippen LogP contribution in [0, 0.1) is 5.41 Å². The number of hydrogen-bond acceptors (Lipinski definition) is 3. The number of morpholine rings is 1. The maximum Gasteiger partial charge on any atom is 0.0622 e. The lowest BCUT2D eigenvalue weighted by Crippen LogP contribution is -2.49. The first kappa shape index (κ1) is 10.8. The molecule has 2 unspecified atom stereocenters. The second kappa shape index (κ2) is 4.03. The van der Waals surface area contributed by atoms with Crippen LogP contribution in [0.5, 0.6) is 0 Å². The largest absolute Gasteiger partial charge is 0.378 e. The summed E-state index contributed by atoms with van der Waals surface area (Å²) >= 11 is 4.42. The Kier molecular flexibility index (Phi) is 3.10. The Morgan fingerprint density at radius 2 is 1.86 bits per heavy atom. The summed E-state index contributed by atoms with van der Waals surface area (Å²) in [6.45, 7) is 7.66. The van der Waals surface area contributed by atoms with Crippen molar-refractivity contribution in [3.8, 4) is 0 Å². The molecule has 2 atom stereocenters. The zero-order chi connectivity index (χ0) is 10.2. The minimum absolute atomic E-state index is 0.335. The molecule has 2 fully saturated rings. The first-order valence-electron chi connectivity index (χ1n) is 5.57. The fourth-order valence-electron chi connectivity index (χ4n) is 2.52. The van der Waals surface area contributed by atoms with Crippen LogP contribution >= 0.6 is 12.6 Å². The van der Waals surface area contributed by atoms with E-state index in [9.17, 15) is 0 Å². The smallest absolute Gasteiger partial charge is 0.0622 e. The quantitative estimate of drug-likeness (QED) is 0.721. The molecule has 2 aliphatic rings. The highest BCUT2D eigenvalue weighted by Crippen LogP contribution is 2.32. The summed E-state index contributed by atoms with van der Waals surface area (Å²) in [5, 5.41) is 0. The van der Waals surface area contributed by atoms with Crippen LogP contribution in [0.25, 0.3) is 0 Å². The number of rotatable bonds is 3. The Labute approximate surface area is 92.4 Å². The standard InChI is InChI=1S/C11H21NOS/c1-11(2,8-14)7-12-9-3-4-10(12)6-13-5-9/h9-10,14H,3-8H2,1-2H3. The summed E-state index contributed by atoms with van der Waals surface area (Å²) in [6.07, 6.45) is 2.65. The fraction of sp³-hybridized carbons (Fsp3) is 1.00. The molecule has 2 nitrogen and oxygen atoms in total. The Morgan fingerprint density at radius 1 is 1.29 bits per heavy atom. The van der Waals surface area contributed by atoms with Gasteiger partial charge in [-0.25, -0.2) is 0 Å². The van der Waals surface area contributed by atoms with E-state index in [2.05, 4.69) is 31.4 Å². The molecular formula is C11H21NOS. The molecule has 82 valence electrons. The van der Waals surface area contributed by atoms with Gasteiger partial charge in [0.2, 0.25) is 0 Å². The van der Waals surface area contributed by atoms with E-state index in [1.165, 1.54) is 19.4 Å². The molecular weight excluding hydrogens is 194 g/mol. The van der Waals surface area contributed by atoms with Crippen molar-refractivity contribution in [1.29, 1.82) is 0 Å². The lowest BCUT2D eigenvalue weighted by atomic mass is 9.94. The molecule has 2 saturated heterocycles. The van der Waals surface area contributed by atoms with Crippen LogP contribution in [0.2, 0.25) is 0 Å². The number of nitrogens with zero attached hydrogens (tertiary/aromatic N) is 1. The molecule has 14 heavy (non-hydrogen) atoms. The average Bonchev–Trinajstić information content (AvgIpc) is 2.41. The van der Waals surface area contributed by atoms with Crippen LogP contribution in [0.4, 0.5) is 0 Å². The third-order valence-corrected chi connectivity index (χ3v) is 4.29. The van der Waals surface area contributed by atoms with Crippen molar-refractivity contribution in [3.63, 3.8) is 0 Å². The summed E-state index contributed by atoms with van der Waals surface area (Å²) in [5.74, 6) is 0.962. The molecule has 2 rings (SSSR count). The van der Waals surface area contributed by atoms with Crippen molar-refractivity contribution in [1.82, 2.24) is 4.90 Å². The summed E-state index contributed by atoms with van der Waals surface area (Å²) in [6, 6.07) is 1.38. The SMILES string of the molecule is CC(C)(CS)CN1C2CCC1COC2. The first-order chi connectivity index (χ1) is 6.62. The Bertz CT molecular complexity index is 191. The monoisotopic (exact) mass is 215 g/mol. The van der Waals surface area contributed by atoms with Crippen molar-refractivity contribution in [2.45, 2.75) is 38.8 Å². The molecule has 0 aromatic carbocycles. The van der Waals surface area contributed by atoms with Crippen molar-refractivity contribution >= 4 is 12.6 Å². The maximum atomic E-state index is 5.57. The van der Waals surface area contributed by atoms with Gasteiger partial charge in [-0.2, -0.15) is 12.6 Å². The molecule has 0 aromatic rings. The Balaban J connectivity index is 1.98. The normalized spacial score (nSPS) is 33.6. The van der Waals surface area contributed by atoms with E-state index in [0.717, 1.165) is 19.0 Å². The van der Waals surface area contributed by atoms with Crippen LogP contribution in [0.15, 0.2) is 0 Å². The van der Waals surface area contributed by atoms with Gasteiger partial charge in [0.15, 0.2) is 0 Å². The third kappa shape index (κ3) is 2.10. The minimum atomic E-state index is 0.335. The van der Waals surface area contributed by atoms with E-state index in [1.54, 1.807) is 0 Å². The Hall–Kier alpha value is 0.270. The van der Waals surface area contributed by atoms with Gasteiger partial charge < -0.3 is 4.74 Å². The van der Waals surface area contributed by atoms with E-state index < -0.39 is 0 Å². The van der Waals surface area contributed by atoms with Crippen LogP contribution in [0.1, 0.15) is 26.7 Å². The van der Waals surface area contributed by atoms with Gasteiger partial charge in [0.05, 0.1) is 13.2 Å². The highest BCUT2D eigenvalue weighted by molar-refractivity contribution is 7.80. The number of fused-ring (bicyclic) bond motifs is 2. The molecule has 2 heterocycles. The number of thiol groups is 1. The van der Waals surface area contributed by atoms with E-state index >= 15 is 0 Å². The van der Waals surface area contributed by atoms with Crippen molar-refractivity contribution in [2.75, 3.05) is 25.5 Å². The van der Waals surface area contributed by atoms with Gasteiger partial charge in [0.1, 0.15) is 0 Å². The van der Waals surface area contributed by atoms with Gasteiger partial charge >= 0.3 is 0 Å². The average molecular weight is 215 g/mol. The van der Waals surface area contributed by atoms with Gasteiger partial charge in [-0.1, -0.05) is 13.8 Å². The first-order valence-corrected chi connectivity index (χ1v) is 6.20. The van der Waals surface area contributed by atoms with Gasteiger partial charge in [0, 0.05) is 18.6 Å². The molecule has 0 amide bonds. The van der Waals surface area contributed by atoms with Crippen molar-refractivity contribution < 1.29 is 4.74 Å². The van der Waals surface area contributed by atoms with Crippen molar-refractivity contribution in [3.05, 3.63) is 0 Å². The molecule has 0 spiro atoms. The molecule has 2 bridgehead atoms. The van der Waals surface area contributed by atoms with Crippen molar-refractivity contribution in [2.24, 2.45) is 5.41 Å². The Morgan fingerprint density at radius 3 is 2.36 bits per heavy atom. The zero-order valence-electron chi connectivity index (χ0n) is 9.20. The molecule has 0 aromatic heterocycles. The number of ether oxygens (including phenoxy) is 1.